The van der Waals surface area contributed by atoms with Crippen LogP contribution in [0.15, 0.2) is 83.8 Å². The van der Waals surface area contributed by atoms with Gasteiger partial charge < -0.3 is 4.90 Å². The van der Waals surface area contributed by atoms with Crippen LogP contribution in [0.5, 0.6) is 0 Å². The maximum atomic E-state index is 12.9. The van der Waals surface area contributed by atoms with E-state index >= 15 is 0 Å². The van der Waals surface area contributed by atoms with Gasteiger partial charge in [0.05, 0.1) is 4.90 Å². The fourth-order valence-corrected chi connectivity index (χ4v) is 3.85. The van der Waals surface area contributed by atoms with Gasteiger partial charge in [0.15, 0.2) is 0 Å². The molecule has 0 saturated carbocycles. The van der Waals surface area contributed by atoms with Crippen molar-refractivity contribution in [2.45, 2.75) is 18.4 Å². The second kappa shape index (κ2) is 8.37. The SMILES string of the molecule is Cc1ccc(S(=O)(=O)NCc2ccccc2)cc1C(=O)N(C)c1ccccc1. The van der Waals surface area contributed by atoms with Crippen LogP contribution in [0, 0.1) is 6.92 Å². The van der Waals surface area contributed by atoms with Crippen molar-refractivity contribution in [2.24, 2.45) is 0 Å². The Morgan fingerprint density at radius 2 is 1.54 bits per heavy atom. The van der Waals surface area contributed by atoms with Crippen LogP contribution < -0.4 is 9.62 Å². The first-order valence-corrected chi connectivity index (χ1v) is 10.3. The van der Waals surface area contributed by atoms with E-state index in [1.165, 1.54) is 17.0 Å². The molecular formula is C22H22N2O3S. The van der Waals surface area contributed by atoms with E-state index in [1.54, 1.807) is 20.0 Å². The number of carbonyl (C=O) groups excluding carboxylic acids is 1. The molecule has 6 heteroatoms. The van der Waals surface area contributed by atoms with Gasteiger partial charge >= 0.3 is 0 Å². The summed E-state index contributed by atoms with van der Waals surface area (Å²) in [5, 5.41) is 0. The third-order valence-electron chi connectivity index (χ3n) is 4.51. The summed E-state index contributed by atoms with van der Waals surface area (Å²) in [4.78, 5) is 14.5. The van der Waals surface area contributed by atoms with Crippen LogP contribution in [0.2, 0.25) is 0 Å². The molecule has 0 spiro atoms. The minimum absolute atomic E-state index is 0.0684. The molecule has 0 heterocycles. The van der Waals surface area contributed by atoms with Crippen LogP contribution >= 0.6 is 0 Å². The van der Waals surface area contributed by atoms with Crippen molar-refractivity contribution >= 4 is 21.6 Å². The average Bonchev–Trinajstić information content (AvgIpc) is 2.73. The molecule has 3 rings (SSSR count). The molecule has 0 aliphatic rings. The summed E-state index contributed by atoms with van der Waals surface area (Å²) in [5.41, 5.74) is 2.67. The second-order valence-corrected chi connectivity index (χ2v) is 8.25. The van der Waals surface area contributed by atoms with Gasteiger partial charge in [-0.25, -0.2) is 13.1 Å². The summed E-state index contributed by atoms with van der Waals surface area (Å²) in [6.45, 7) is 1.98. The van der Waals surface area contributed by atoms with E-state index in [2.05, 4.69) is 4.72 Å². The lowest BCUT2D eigenvalue weighted by Gasteiger charge is -2.19. The molecule has 0 unspecified atom stereocenters. The molecule has 1 amide bonds. The van der Waals surface area contributed by atoms with Gasteiger partial charge in [0.2, 0.25) is 10.0 Å². The topological polar surface area (TPSA) is 66.5 Å². The smallest absolute Gasteiger partial charge is 0.258 e. The number of amides is 1. The van der Waals surface area contributed by atoms with E-state index in [0.29, 0.717) is 5.56 Å². The Morgan fingerprint density at radius 3 is 2.18 bits per heavy atom. The second-order valence-electron chi connectivity index (χ2n) is 6.49. The number of carbonyl (C=O) groups is 1. The van der Waals surface area contributed by atoms with Crippen molar-refractivity contribution in [1.82, 2.24) is 4.72 Å². The van der Waals surface area contributed by atoms with Gasteiger partial charge in [0.1, 0.15) is 0 Å². The van der Waals surface area contributed by atoms with Gasteiger partial charge in [-0.3, -0.25) is 4.79 Å². The normalized spacial score (nSPS) is 11.2. The molecule has 0 saturated heterocycles. The third-order valence-corrected chi connectivity index (χ3v) is 5.91. The Kier molecular flexibility index (Phi) is 5.92. The standard InChI is InChI=1S/C22H22N2O3S/c1-17-13-14-20(28(26,27)23-16-18-9-5-3-6-10-18)15-21(17)22(25)24(2)19-11-7-4-8-12-19/h3-15,23H,16H2,1-2H3. The van der Waals surface area contributed by atoms with Crippen LogP contribution in [0.4, 0.5) is 5.69 Å². The van der Waals surface area contributed by atoms with Gasteiger partial charge in [-0.15, -0.1) is 0 Å². The Hall–Kier alpha value is -2.96. The van der Waals surface area contributed by atoms with Crippen molar-refractivity contribution in [1.29, 1.82) is 0 Å². The summed E-state index contributed by atoms with van der Waals surface area (Å²) < 4.78 is 28.0. The zero-order valence-electron chi connectivity index (χ0n) is 15.8. The van der Waals surface area contributed by atoms with Crippen LogP contribution in [0.25, 0.3) is 0 Å². The van der Waals surface area contributed by atoms with Crippen molar-refractivity contribution in [3.63, 3.8) is 0 Å². The van der Waals surface area contributed by atoms with Crippen molar-refractivity contribution < 1.29 is 13.2 Å². The summed E-state index contributed by atoms with van der Waals surface area (Å²) >= 11 is 0. The summed E-state index contributed by atoms with van der Waals surface area (Å²) in [5.74, 6) is -0.260. The Labute approximate surface area is 165 Å². The predicted molar refractivity (Wildman–Crippen MR) is 111 cm³/mol. The van der Waals surface area contributed by atoms with Crippen molar-refractivity contribution in [3.05, 3.63) is 95.6 Å². The number of rotatable bonds is 6. The first kappa shape index (κ1) is 19.8. The summed E-state index contributed by atoms with van der Waals surface area (Å²) in [7, 11) is -2.07. The quantitative estimate of drug-likeness (QED) is 0.692. The lowest BCUT2D eigenvalue weighted by molar-refractivity contribution is 0.0992. The lowest BCUT2D eigenvalue weighted by Crippen LogP contribution is -2.28. The fourth-order valence-electron chi connectivity index (χ4n) is 2.81. The largest absolute Gasteiger partial charge is 0.311 e. The van der Waals surface area contributed by atoms with Crippen LogP contribution in [-0.4, -0.2) is 21.4 Å². The number of benzene rings is 3. The van der Waals surface area contributed by atoms with E-state index in [9.17, 15) is 13.2 Å². The summed E-state index contributed by atoms with van der Waals surface area (Å²) in [6.07, 6.45) is 0. The Balaban J connectivity index is 1.85. The molecular weight excluding hydrogens is 372 g/mol. The van der Waals surface area contributed by atoms with Crippen LogP contribution in [0.1, 0.15) is 21.5 Å². The highest BCUT2D eigenvalue weighted by Gasteiger charge is 2.20. The molecule has 144 valence electrons. The van der Waals surface area contributed by atoms with Crippen molar-refractivity contribution in [2.75, 3.05) is 11.9 Å². The third kappa shape index (κ3) is 4.47. The molecule has 0 aliphatic heterocycles. The minimum atomic E-state index is -3.74. The van der Waals surface area contributed by atoms with E-state index in [1.807, 2.05) is 60.7 Å². The maximum absolute atomic E-state index is 12.9. The van der Waals surface area contributed by atoms with Gasteiger partial charge in [-0.1, -0.05) is 54.6 Å². The molecule has 0 aromatic heterocycles. The number of aryl methyl sites for hydroxylation is 1. The fraction of sp³-hybridized carbons (Fsp3) is 0.136. The molecule has 5 nitrogen and oxygen atoms in total. The van der Waals surface area contributed by atoms with E-state index in [0.717, 1.165) is 16.8 Å². The molecule has 0 aliphatic carbocycles. The molecule has 0 atom stereocenters. The van der Waals surface area contributed by atoms with E-state index in [4.69, 9.17) is 0 Å². The van der Waals surface area contributed by atoms with Crippen LogP contribution in [-0.2, 0) is 16.6 Å². The number of nitrogens with one attached hydrogen (secondary N) is 1. The number of hydrogen-bond acceptors (Lipinski definition) is 3. The zero-order valence-corrected chi connectivity index (χ0v) is 16.6. The van der Waals surface area contributed by atoms with Gasteiger partial charge in [-0.05, 0) is 42.3 Å². The number of anilines is 1. The Morgan fingerprint density at radius 1 is 0.929 bits per heavy atom. The molecule has 3 aromatic carbocycles. The van der Waals surface area contributed by atoms with E-state index < -0.39 is 10.0 Å². The number of nitrogens with zero attached hydrogens (tertiary/aromatic N) is 1. The molecule has 0 fully saturated rings. The highest BCUT2D eigenvalue weighted by molar-refractivity contribution is 7.89. The zero-order chi connectivity index (χ0) is 20.1. The molecule has 3 aromatic rings. The first-order valence-electron chi connectivity index (χ1n) is 8.86. The average molecular weight is 394 g/mol. The number of para-hydroxylation sites is 1. The maximum Gasteiger partial charge on any atom is 0.258 e. The molecule has 28 heavy (non-hydrogen) atoms. The van der Waals surface area contributed by atoms with E-state index in [-0.39, 0.29) is 17.3 Å². The van der Waals surface area contributed by atoms with Crippen molar-refractivity contribution in [3.8, 4) is 0 Å². The molecule has 1 N–H and O–H groups in total. The van der Waals surface area contributed by atoms with Gasteiger partial charge in [0.25, 0.3) is 5.91 Å². The minimum Gasteiger partial charge on any atom is -0.311 e. The monoisotopic (exact) mass is 394 g/mol. The number of hydrogen-bond donors (Lipinski definition) is 1. The highest BCUT2D eigenvalue weighted by atomic mass is 32.2. The summed E-state index contributed by atoms with van der Waals surface area (Å²) in [6, 6.07) is 23.1. The van der Waals surface area contributed by atoms with Gasteiger partial charge in [-0.2, -0.15) is 0 Å². The molecule has 0 bridgehead atoms. The van der Waals surface area contributed by atoms with Gasteiger partial charge in [0, 0.05) is 24.8 Å². The number of sulfonamides is 1. The highest BCUT2D eigenvalue weighted by Crippen LogP contribution is 2.20. The first-order chi connectivity index (χ1) is 13.4. The van der Waals surface area contributed by atoms with Crippen LogP contribution in [0.3, 0.4) is 0 Å². The Bertz CT molecular complexity index is 1070. The predicted octanol–water partition coefficient (Wildman–Crippen LogP) is 3.75. The lowest BCUT2D eigenvalue weighted by atomic mass is 10.1. The molecule has 0 radical (unpaired) electrons.